The molecule has 0 heterocycles. The van der Waals surface area contributed by atoms with E-state index in [1.807, 2.05) is 38.1 Å². The van der Waals surface area contributed by atoms with E-state index in [9.17, 15) is 4.79 Å². The van der Waals surface area contributed by atoms with E-state index in [0.29, 0.717) is 11.1 Å². The number of rotatable bonds is 2. The van der Waals surface area contributed by atoms with Crippen LogP contribution in [-0.2, 0) is 0 Å². The third kappa shape index (κ3) is 2.96. The number of carbonyl (C=O) groups is 1. The maximum Gasteiger partial charge on any atom is 0.195 e. The quantitative estimate of drug-likeness (QED) is 0.405. The molecule has 104 valence electrons. The second-order valence-corrected chi connectivity index (χ2v) is 7.69. The summed E-state index contributed by atoms with van der Waals surface area (Å²) in [5, 5.41) is 0. The zero-order chi connectivity index (χ0) is 15.0. The Bertz CT molecular complexity index is 648. The Balaban J connectivity index is 2.58. The summed E-state index contributed by atoms with van der Waals surface area (Å²) in [6.07, 6.45) is 0. The van der Waals surface area contributed by atoms with E-state index in [0.717, 1.165) is 29.0 Å². The van der Waals surface area contributed by atoms with E-state index < -0.39 is 0 Å². The van der Waals surface area contributed by atoms with E-state index >= 15 is 0 Å². The summed E-state index contributed by atoms with van der Waals surface area (Å²) >= 11 is 14.0. The number of hydrogen-bond acceptors (Lipinski definition) is 1. The minimum absolute atomic E-state index is 0.00468. The van der Waals surface area contributed by atoms with Gasteiger partial charge in [-0.05, 0) is 81.1 Å². The van der Waals surface area contributed by atoms with Crippen molar-refractivity contribution < 1.29 is 4.79 Å². The molecule has 0 bridgehead atoms. The van der Waals surface area contributed by atoms with Gasteiger partial charge >= 0.3 is 0 Å². The highest BCUT2D eigenvalue weighted by Crippen LogP contribution is 2.33. The zero-order valence-corrected chi connectivity index (χ0v) is 17.1. The molecule has 0 aliphatic rings. The molecule has 0 saturated heterocycles. The van der Waals surface area contributed by atoms with Crippen LogP contribution >= 0.6 is 63.7 Å². The smallest absolute Gasteiger partial charge is 0.195 e. The van der Waals surface area contributed by atoms with Crippen LogP contribution in [-0.4, -0.2) is 5.78 Å². The predicted octanol–water partition coefficient (Wildman–Crippen LogP) is 6.58. The number of carbonyl (C=O) groups excluding carboxylic acids is 1. The molecule has 0 saturated carbocycles. The van der Waals surface area contributed by atoms with Gasteiger partial charge in [0.1, 0.15) is 0 Å². The summed E-state index contributed by atoms with van der Waals surface area (Å²) in [6, 6.07) is 7.44. The standard InChI is InChI=1S/C15H10Br4O/c1-7-11(16)5-3-9(13(7)18)15(20)10-4-6-12(17)8(2)14(10)19/h3-6H,1-2H3. The summed E-state index contributed by atoms with van der Waals surface area (Å²) < 4.78 is 3.60. The average Bonchev–Trinajstić information content (AvgIpc) is 2.42. The van der Waals surface area contributed by atoms with Gasteiger partial charge in [0.25, 0.3) is 0 Å². The van der Waals surface area contributed by atoms with Crippen molar-refractivity contribution in [2.75, 3.05) is 0 Å². The molecule has 0 unspecified atom stereocenters. The molecule has 2 aromatic carbocycles. The van der Waals surface area contributed by atoms with E-state index in [1.165, 1.54) is 0 Å². The second kappa shape index (κ2) is 6.42. The molecule has 0 fully saturated rings. The minimum atomic E-state index is -0.00468. The Kier molecular flexibility index (Phi) is 5.27. The summed E-state index contributed by atoms with van der Waals surface area (Å²) in [5.74, 6) is -0.00468. The van der Waals surface area contributed by atoms with Crippen molar-refractivity contribution in [2.45, 2.75) is 13.8 Å². The van der Waals surface area contributed by atoms with Crippen LogP contribution in [0.25, 0.3) is 0 Å². The van der Waals surface area contributed by atoms with Crippen LogP contribution in [0.1, 0.15) is 27.0 Å². The van der Waals surface area contributed by atoms with E-state index in [2.05, 4.69) is 63.7 Å². The van der Waals surface area contributed by atoms with E-state index in [1.54, 1.807) is 0 Å². The first-order chi connectivity index (χ1) is 9.34. The zero-order valence-electron chi connectivity index (χ0n) is 10.7. The molecule has 1 nitrogen and oxygen atoms in total. The van der Waals surface area contributed by atoms with Gasteiger partial charge in [-0.2, -0.15) is 0 Å². The van der Waals surface area contributed by atoms with E-state index in [4.69, 9.17) is 0 Å². The average molecular weight is 526 g/mol. The predicted molar refractivity (Wildman–Crippen MR) is 96.6 cm³/mol. The van der Waals surface area contributed by atoms with Gasteiger partial charge in [-0.3, -0.25) is 4.79 Å². The first-order valence-electron chi connectivity index (χ1n) is 5.78. The highest BCUT2D eigenvalue weighted by Gasteiger charge is 2.19. The van der Waals surface area contributed by atoms with Crippen molar-refractivity contribution in [3.63, 3.8) is 0 Å². The van der Waals surface area contributed by atoms with Crippen LogP contribution in [0.2, 0.25) is 0 Å². The van der Waals surface area contributed by atoms with Gasteiger partial charge in [-0.25, -0.2) is 0 Å². The second-order valence-electron chi connectivity index (χ2n) is 4.40. The molecule has 0 aliphatic carbocycles. The number of ketones is 1. The van der Waals surface area contributed by atoms with E-state index in [-0.39, 0.29) is 5.78 Å². The van der Waals surface area contributed by atoms with Crippen molar-refractivity contribution in [3.8, 4) is 0 Å². The van der Waals surface area contributed by atoms with Gasteiger partial charge in [0.2, 0.25) is 0 Å². The number of hydrogen-bond donors (Lipinski definition) is 0. The molecule has 5 heteroatoms. The molecule has 2 rings (SSSR count). The minimum Gasteiger partial charge on any atom is -0.289 e. The fraction of sp³-hybridized carbons (Fsp3) is 0.133. The van der Waals surface area contributed by atoms with Gasteiger partial charge in [0.15, 0.2) is 5.78 Å². The van der Waals surface area contributed by atoms with Crippen LogP contribution in [0, 0.1) is 13.8 Å². The molecular formula is C15H10Br4O. The van der Waals surface area contributed by atoms with Crippen LogP contribution in [0.4, 0.5) is 0 Å². The van der Waals surface area contributed by atoms with Crippen molar-refractivity contribution >= 4 is 69.5 Å². The normalized spacial score (nSPS) is 10.7. The lowest BCUT2D eigenvalue weighted by Crippen LogP contribution is -2.05. The van der Waals surface area contributed by atoms with Gasteiger partial charge in [0, 0.05) is 29.0 Å². The maximum absolute atomic E-state index is 12.7. The van der Waals surface area contributed by atoms with Gasteiger partial charge in [-0.15, -0.1) is 0 Å². The van der Waals surface area contributed by atoms with Crippen LogP contribution in [0.15, 0.2) is 42.2 Å². The van der Waals surface area contributed by atoms with Crippen molar-refractivity contribution in [2.24, 2.45) is 0 Å². The first-order valence-corrected chi connectivity index (χ1v) is 8.95. The molecule has 0 spiro atoms. The topological polar surface area (TPSA) is 17.1 Å². The Morgan fingerprint density at radius 3 is 1.45 bits per heavy atom. The molecule has 2 aromatic rings. The summed E-state index contributed by atoms with van der Waals surface area (Å²) in [6.45, 7) is 3.93. The molecule has 20 heavy (non-hydrogen) atoms. The monoisotopic (exact) mass is 522 g/mol. The van der Waals surface area contributed by atoms with Gasteiger partial charge < -0.3 is 0 Å². The molecule has 0 aliphatic heterocycles. The summed E-state index contributed by atoms with van der Waals surface area (Å²) in [5.41, 5.74) is 3.35. The van der Waals surface area contributed by atoms with Crippen molar-refractivity contribution in [1.82, 2.24) is 0 Å². The van der Waals surface area contributed by atoms with Crippen LogP contribution in [0.3, 0.4) is 0 Å². The summed E-state index contributed by atoms with van der Waals surface area (Å²) in [4.78, 5) is 12.7. The molecule has 0 atom stereocenters. The van der Waals surface area contributed by atoms with Gasteiger partial charge in [0.05, 0.1) is 0 Å². The van der Waals surface area contributed by atoms with Crippen molar-refractivity contribution in [1.29, 1.82) is 0 Å². The fourth-order valence-corrected chi connectivity index (χ4v) is 4.06. The van der Waals surface area contributed by atoms with Gasteiger partial charge in [-0.1, -0.05) is 31.9 Å². The van der Waals surface area contributed by atoms with Crippen LogP contribution in [0.5, 0.6) is 0 Å². The molecule has 0 amide bonds. The third-order valence-corrected chi connectivity index (χ3v) is 6.89. The summed E-state index contributed by atoms with van der Waals surface area (Å²) in [7, 11) is 0. The highest BCUT2D eigenvalue weighted by atomic mass is 79.9. The number of benzene rings is 2. The lowest BCUT2D eigenvalue weighted by Gasteiger charge is -2.11. The Labute approximate surface area is 151 Å². The Morgan fingerprint density at radius 1 is 0.750 bits per heavy atom. The Morgan fingerprint density at radius 2 is 1.10 bits per heavy atom. The molecule has 0 N–H and O–H groups in total. The lowest BCUT2D eigenvalue weighted by atomic mass is 10.0. The maximum atomic E-state index is 12.7. The lowest BCUT2D eigenvalue weighted by molar-refractivity contribution is 0.103. The Hall–Kier alpha value is 0.0300. The number of halogens is 4. The highest BCUT2D eigenvalue weighted by molar-refractivity contribution is 9.11. The third-order valence-electron chi connectivity index (χ3n) is 3.13. The first kappa shape index (κ1) is 16.4. The largest absolute Gasteiger partial charge is 0.289 e. The SMILES string of the molecule is Cc1c(Br)ccc(C(=O)c2ccc(Br)c(C)c2Br)c1Br. The molecular weight excluding hydrogens is 516 g/mol. The molecule has 0 aromatic heterocycles. The van der Waals surface area contributed by atoms with Crippen LogP contribution < -0.4 is 0 Å². The fourth-order valence-electron chi connectivity index (χ4n) is 1.82. The van der Waals surface area contributed by atoms with Crippen molar-refractivity contribution in [3.05, 3.63) is 64.4 Å². The molecule has 0 radical (unpaired) electrons.